The van der Waals surface area contributed by atoms with E-state index in [4.69, 9.17) is 0 Å². The summed E-state index contributed by atoms with van der Waals surface area (Å²) in [6, 6.07) is 22.3. The van der Waals surface area contributed by atoms with Crippen molar-refractivity contribution >= 4 is 30.8 Å². The Labute approximate surface area is 241 Å². The van der Waals surface area contributed by atoms with Crippen molar-refractivity contribution in [2.24, 2.45) is 0 Å². The molecule has 11 heteroatoms. The molecule has 0 aliphatic carbocycles. The van der Waals surface area contributed by atoms with E-state index in [9.17, 15) is 21.9 Å². The Morgan fingerprint density at radius 3 is 2.27 bits per heavy atom. The molecule has 5 rings (SSSR count). The zero-order chi connectivity index (χ0) is 29.0. The van der Waals surface area contributed by atoms with Gasteiger partial charge in [-0.2, -0.15) is 8.61 Å². The lowest BCUT2D eigenvalue weighted by molar-refractivity contribution is 0.156. The van der Waals surface area contributed by atoms with Crippen LogP contribution in [0.25, 0.3) is 10.8 Å². The minimum absolute atomic E-state index is 0.0428. The van der Waals surface area contributed by atoms with Gasteiger partial charge in [-0.15, -0.1) is 0 Å². The lowest BCUT2D eigenvalue weighted by atomic mass is 10.1. The first-order chi connectivity index (χ1) is 19.6. The fraction of sp³-hybridized carbons (Fsp3) is 0.300. The van der Waals surface area contributed by atoms with Gasteiger partial charge in [-0.1, -0.05) is 54.6 Å². The lowest BCUT2D eigenvalue weighted by Crippen LogP contribution is -2.53. The second kappa shape index (κ2) is 12.3. The van der Waals surface area contributed by atoms with Gasteiger partial charge >= 0.3 is 0 Å². The van der Waals surface area contributed by atoms with Crippen LogP contribution >= 0.6 is 0 Å². The topological polar surface area (TPSA) is 111 Å². The molecular formula is C30H34N4O5S2. The molecule has 9 nitrogen and oxygen atoms in total. The summed E-state index contributed by atoms with van der Waals surface area (Å²) in [7, 11) is -5.76. The third-order valence-corrected chi connectivity index (χ3v) is 11.4. The van der Waals surface area contributed by atoms with Gasteiger partial charge < -0.3 is 5.11 Å². The maximum Gasteiger partial charge on any atom is 0.243 e. The third kappa shape index (κ3) is 6.77. The number of nitrogens with zero attached hydrogens (tertiary/aromatic N) is 4. The van der Waals surface area contributed by atoms with Crippen molar-refractivity contribution in [2.75, 3.05) is 39.8 Å². The average Bonchev–Trinajstić information content (AvgIpc) is 2.98. The first kappa shape index (κ1) is 29.2. The lowest BCUT2D eigenvalue weighted by Gasteiger charge is -2.38. The fourth-order valence-corrected chi connectivity index (χ4v) is 8.32. The van der Waals surface area contributed by atoms with Crippen molar-refractivity contribution in [3.8, 4) is 5.75 Å². The van der Waals surface area contributed by atoms with E-state index in [1.54, 1.807) is 61.9 Å². The number of phenols is 1. The van der Waals surface area contributed by atoms with Gasteiger partial charge in [0.1, 0.15) is 5.75 Å². The summed E-state index contributed by atoms with van der Waals surface area (Å²) in [5.41, 5.74) is 1.64. The van der Waals surface area contributed by atoms with Crippen LogP contribution in [0.2, 0.25) is 0 Å². The Morgan fingerprint density at radius 1 is 0.854 bits per heavy atom. The van der Waals surface area contributed by atoms with Gasteiger partial charge in [0.05, 0.1) is 10.6 Å². The predicted molar refractivity (Wildman–Crippen MR) is 159 cm³/mol. The van der Waals surface area contributed by atoms with Crippen LogP contribution in [0.3, 0.4) is 0 Å². The van der Waals surface area contributed by atoms with Crippen LogP contribution < -0.4 is 0 Å². The molecule has 1 saturated heterocycles. The highest BCUT2D eigenvalue weighted by molar-refractivity contribution is 7.89. The Balaban J connectivity index is 1.35. The molecule has 1 N–H and O–H groups in total. The van der Waals surface area contributed by atoms with E-state index in [0.717, 1.165) is 16.5 Å². The summed E-state index contributed by atoms with van der Waals surface area (Å²) < 4.78 is 57.0. The van der Waals surface area contributed by atoms with Crippen LogP contribution in [0, 0.1) is 0 Å². The quantitative estimate of drug-likeness (QED) is 0.300. The Hall–Kier alpha value is -3.35. The van der Waals surface area contributed by atoms with Crippen LogP contribution in [-0.4, -0.2) is 86.2 Å². The summed E-state index contributed by atoms with van der Waals surface area (Å²) in [4.78, 5) is 6.46. The van der Waals surface area contributed by atoms with Gasteiger partial charge in [-0.3, -0.25) is 9.88 Å². The van der Waals surface area contributed by atoms with E-state index in [1.807, 2.05) is 36.4 Å². The molecule has 3 aromatic carbocycles. The van der Waals surface area contributed by atoms with E-state index in [2.05, 4.69) is 9.88 Å². The van der Waals surface area contributed by atoms with Gasteiger partial charge in [-0.05, 0) is 41.8 Å². The van der Waals surface area contributed by atoms with Crippen molar-refractivity contribution < 1.29 is 21.9 Å². The standard InChI is InChI=1S/C30H34N4O5S2/c1-32(41(38,39)30-9-5-8-26-21-31-15-14-29(26)30)27(20-24-10-12-28(35)13-11-24)22-33-16-18-34(19-17-33)40(36,37)23-25-6-3-2-4-7-25/h2-15,21,27,35H,16-20,22-23H2,1H3. The molecule has 0 spiro atoms. The molecule has 1 aliphatic rings. The van der Waals surface area contributed by atoms with E-state index in [1.165, 1.54) is 8.61 Å². The van der Waals surface area contributed by atoms with Crippen molar-refractivity contribution in [1.29, 1.82) is 0 Å². The number of hydrogen-bond donors (Lipinski definition) is 1. The molecule has 1 atom stereocenters. The molecule has 1 fully saturated rings. The highest BCUT2D eigenvalue weighted by atomic mass is 32.2. The van der Waals surface area contributed by atoms with Crippen molar-refractivity contribution in [3.63, 3.8) is 0 Å². The number of benzene rings is 3. The normalized spacial score (nSPS) is 16.2. The van der Waals surface area contributed by atoms with Gasteiger partial charge in [0.2, 0.25) is 20.0 Å². The highest BCUT2D eigenvalue weighted by Gasteiger charge is 2.33. The van der Waals surface area contributed by atoms with E-state index >= 15 is 0 Å². The number of aromatic nitrogens is 1. The maximum atomic E-state index is 14.0. The van der Waals surface area contributed by atoms with Crippen LogP contribution in [-0.2, 0) is 32.2 Å². The Bertz CT molecular complexity index is 1680. The highest BCUT2D eigenvalue weighted by Crippen LogP contribution is 2.27. The molecule has 0 radical (unpaired) electrons. The first-order valence-electron chi connectivity index (χ1n) is 13.5. The Morgan fingerprint density at radius 2 is 1.56 bits per heavy atom. The average molecular weight is 595 g/mol. The minimum atomic E-state index is -3.89. The number of phenolic OH excluding ortho intramolecular Hbond substituents is 1. The second-order valence-corrected chi connectivity index (χ2v) is 14.3. The first-order valence-corrected chi connectivity index (χ1v) is 16.5. The van der Waals surface area contributed by atoms with Gasteiger partial charge in [0, 0.05) is 69.0 Å². The van der Waals surface area contributed by atoms with Gasteiger partial charge in [0.15, 0.2) is 0 Å². The second-order valence-electron chi connectivity index (χ2n) is 10.3. The zero-order valence-corrected chi connectivity index (χ0v) is 24.5. The number of likely N-dealkylation sites (N-methyl/N-ethyl adjacent to an activating group) is 1. The van der Waals surface area contributed by atoms with Crippen molar-refractivity contribution in [1.82, 2.24) is 18.5 Å². The molecule has 1 aliphatic heterocycles. The number of fused-ring (bicyclic) bond motifs is 1. The molecule has 1 aromatic heterocycles. The third-order valence-electron chi connectivity index (χ3n) is 7.61. The summed E-state index contributed by atoms with van der Waals surface area (Å²) in [5.74, 6) is 0.0993. The number of piperazine rings is 1. The van der Waals surface area contributed by atoms with Crippen LogP contribution in [0.4, 0.5) is 0 Å². The smallest absolute Gasteiger partial charge is 0.243 e. The van der Waals surface area contributed by atoms with Gasteiger partial charge in [0.25, 0.3) is 0 Å². The van der Waals surface area contributed by atoms with Crippen LogP contribution in [0.1, 0.15) is 11.1 Å². The summed E-state index contributed by atoms with van der Waals surface area (Å²) in [6.45, 7) is 2.10. The predicted octanol–water partition coefficient (Wildman–Crippen LogP) is 3.32. The van der Waals surface area contributed by atoms with Crippen LogP contribution in [0.15, 0.2) is 96.2 Å². The van der Waals surface area contributed by atoms with Crippen molar-refractivity contribution in [2.45, 2.75) is 23.1 Å². The van der Waals surface area contributed by atoms with E-state index in [-0.39, 0.29) is 16.4 Å². The molecular weight excluding hydrogens is 560 g/mol. The monoisotopic (exact) mass is 594 g/mol. The van der Waals surface area contributed by atoms with Crippen LogP contribution in [0.5, 0.6) is 5.75 Å². The summed E-state index contributed by atoms with van der Waals surface area (Å²) >= 11 is 0. The maximum absolute atomic E-state index is 14.0. The molecule has 0 saturated carbocycles. The molecule has 41 heavy (non-hydrogen) atoms. The number of hydrogen-bond acceptors (Lipinski definition) is 7. The number of aromatic hydroxyl groups is 1. The van der Waals surface area contributed by atoms with Crippen molar-refractivity contribution in [3.05, 3.63) is 102 Å². The molecule has 0 amide bonds. The fourth-order valence-electron chi connectivity index (χ4n) is 5.25. The van der Waals surface area contributed by atoms with E-state index in [0.29, 0.717) is 44.5 Å². The number of sulfonamides is 2. The molecule has 2 heterocycles. The minimum Gasteiger partial charge on any atom is -0.508 e. The molecule has 1 unspecified atom stereocenters. The Kier molecular flexibility index (Phi) is 8.71. The largest absolute Gasteiger partial charge is 0.508 e. The molecule has 216 valence electrons. The zero-order valence-electron chi connectivity index (χ0n) is 22.9. The van der Waals surface area contributed by atoms with E-state index < -0.39 is 26.1 Å². The van der Waals surface area contributed by atoms with Gasteiger partial charge in [-0.25, -0.2) is 16.8 Å². The summed E-state index contributed by atoms with van der Waals surface area (Å²) in [6.07, 6.45) is 3.66. The summed E-state index contributed by atoms with van der Waals surface area (Å²) in [5, 5.41) is 11.1. The molecule has 0 bridgehead atoms. The molecule has 4 aromatic rings. The SMILES string of the molecule is CN(C(Cc1ccc(O)cc1)CN1CCN(S(=O)(=O)Cc2ccccc2)CC1)S(=O)(=O)c1cccc2cnccc12. The number of rotatable bonds is 10. The number of pyridine rings is 1.